The lowest BCUT2D eigenvalue weighted by atomic mass is 9.84. The predicted octanol–water partition coefficient (Wildman–Crippen LogP) is 4.95. The van der Waals surface area contributed by atoms with Gasteiger partial charge in [-0.2, -0.15) is 4.31 Å². The Bertz CT molecular complexity index is 1830. The van der Waals surface area contributed by atoms with Crippen molar-refractivity contribution >= 4 is 32.8 Å². The Morgan fingerprint density at radius 2 is 1.91 bits per heavy atom. The summed E-state index contributed by atoms with van der Waals surface area (Å²) in [6.45, 7) is 5.34. The number of benzene rings is 2. The number of carboxylic acid groups (broad SMARTS) is 1. The van der Waals surface area contributed by atoms with Crippen LogP contribution in [0.4, 0.5) is 5.82 Å². The molecule has 0 radical (unpaired) electrons. The van der Waals surface area contributed by atoms with Gasteiger partial charge in [-0.25, -0.2) is 18.1 Å². The smallest absolute Gasteiger partial charge is 0.304 e. The van der Waals surface area contributed by atoms with Crippen molar-refractivity contribution in [3.8, 4) is 0 Å². The van der Waals surface area contributed by atoms with E-state index in [-0.39, 0.29) is 23.9 Å². The summed E-state index contributed by atoms with van der Waals surface area (Å²) < 4.78 is 31.7. The monoisotopic (exact) mass is 600 g/mol. The molecule has 1 aliphatic carbocycles. The van der Waals surface area contributed by atoms with Crippen molar-refractivity contribution in [3.63, 3.8) is 0 Å². The molecule has 11 heteroatoms. The number of piperidine rings is 1. The van der Waals surface area contributed by atoms with Crippen LogP contribution >= 0.6 is 0 Å². The second-order valence-electron chi connectivity index (χ2n) is 12.2. The van der Waals surface area contributed by atoms with Crippen molar-refractivity contribution in [1.82, 2.24) is 24.3 Å². The zero-order valence-electron chi connectivity index (χ0n) is 24.5. The topological polar surface area (TPSA) is 122 Å². The predicted molar refractivity (Wildman–Crippen MR) is 163 cm³/mol. The number of aryl methyl sites for hydroxylation is 2. The zero-order valence-corrected chi connectivity index (χ0v) is 25.3. The molecule has 2 aromatic carbocycles. The third-order valence-electron chi connectivity index (χ3n) is 9.39. The van der Waals surface area contributed by atoms with Crippen LogP contribution in [-0.4, -0.2) is 62.9 Å². The third-order valence-corrected chi connectivity index (χ3v) is 11.2. The highest BCUT2D eigenvalue weighted by atomic mass is 32.2. The Kier molecular flexibility index (Phi) is 6.97. The molecule has 7 rings (SSSR count). The Labute approximate surface area is 251 Å². The molecule has 2 aliphatic heterocycles. The van der Waals surface area contributed by atoms with Crippen LogP contribution in [0, 0.1) is 13.8 Å². The first-order valence-corrected chi connectivity index (χ1v) is 16.5. The molecule has 1 saturated carbocycles. The van der Waals surface area contributed by atoms with Gasteiger partial charge in [0.2, 0.25) is 10.0 Å². The fraction of sp³-hybridized carbons (Fsp3) is 0.438. The minimum atomic E-state index is -3.81. The van der Waals surface area contributed by atoms with Gasteiger partial charge >= 0.3 is 5.97 Å². The SMILES string of the molecule is Cc1ccc([C@H](CC(=O)O)c2ccc3c(nnn3C3CC3)c2C)cc1CN1CC2CCCCN2c2ncccc2S1(=O)=O. The number of carboxylic acids is 1. The average molecular weight is 601 g/mol. The van der Waals surface area contributed by atoms with Crippen molar-refractivity contribution < 1.29 is 18.3 Å². The molecule has 1 N–H and O–H groups in total. The van der Waals surface area contributed by atoms with Gasteiger partial charge in [-0.05, 0) is 92.0 Å². The summed E-state index contributed by atoms with van der Waals surface area (Å²) in [4.78, 5) is 19.1. The van der Waals surface area contributed by atoms with Crippen LogP contribution in [0.2, 0.25) is 0 Å². The Morgan fingerprint density at radius 1 is 1.07 bits per heavy atom. The van der Waals surface area contributed by atoms with Gasteiger partial charge < -0.3 is 10.0 Å². The second-order valence-corrected chi connectivity index (χ2v) is 14.1. The maximum Gasteiger partial charge on any atom is 0.304 e. The van der Waals surface area contributed by atoms with E-state index in [2.05, 4.69) is 20.2 Å². The van der Waals surface area contributed by atoms with E-state index in [4.69, 9.17) is 0 Å². The molecule has 4 heterocycles. The molecule has 1 unspecified atom stereocenters. The van der Waals surface area contributed by atoms with Gasteiger partial charge in [0.25, 0.3) is 0 Å². The quantitative estimate of drug-likeness (QED) is 0.316. The van der Waals surface area contributed by atoms with E-state index >= 15 is 0 Å². The molecule has 2 atom stereocenters. The van der Waals surface area contributed by atoms with E-state index in [9.17, 15) is 18.3 Å². The molecule has 1 saturated heterocycles. The first-order chi connectivity index (χ1) is 20.7. The van der Waals surface area contributed by atoms with E-state index in [1.807, 2.05) is 48.9 Å². The summed E-state index contributed by atoms with van der Waals surface area (Å²) >= 11 is 0. The molecule has 2 fully saturated rings. The summed E-state index contributed by atoms with van der Waals surface area (Å²) in [6, 6.07) is 13.7. The minimum Gasteiger partial charge on any atom is -0.481 e. The normalized spacial score (nSPS) is 20.8. The summed E-state index contributed by atoms with van der Waals surface area (Å²) in [5.74, 6) is -0.775. The Balaban J connectivity index is 1.26. The standard InChI is InChI=1S/C32H36N6O4S/c1-20-8-9-22(27(17-30(39)40)26-12-13-28-31(21(26)2)34-35-38(28)24-10-11-24)16-23(20)18-36-19-25-6-3-4-15-37(25)32-29(43(36,41)42)7-5-14-33-32/h5,7-9,12-14,16,24-25,27H,3-4,6,10-11,15,17-19H2,1-2H3,(H,39,40)/t25?,27-/m0/s1. The molecule has 2 aromatic heterocycles. The fourth-order valence-electron chi connectivity index (χ4n) is 6.86. The lowest BCUT2D eigenvalue weighted by Crippen LogP contribution is -2.45. The highest BCUT2D eigenvalue weighted by Gasteiger charge is 2.39. The van der Waals surface area contributed by atoms with E-state index in [0.29, 0.717) is 18.4 Å². The van der Waals surface area contributed by atoms with Crippen LogP contribution in [0.25, 0.3) is 11.0 Å². The second kappa shape index (κ2) is 10.7. The van der Waals surface area contributed by atoms with Gasteiger partial charge in [-0.15, -0.1) is 5.10 Å². The summed E-state index contributed by atoms with van der Waals surface area (Å²) in [7, 11) is -3.81. The van der Waals surface area contributed by atoms with Crippen molar-refractivity contribution in [3.05, 3.63) is 76.5 Å². The Morgan fingerprint density at radius 3 is 2.70 bits per heavy atom. The molecule has 224 valence electrons. The first kappa shape index (κ1) is 28.0. The third kappa shape index (κ3) is 4.98. The summed E-state index contributed by atoms with van der Waals surface area (Å²) in [5.41, 5.74) is 6.26. The number of aliphatic carboxylic acids is 1. The van der Waals surface area contributed by atoms with Crippen LogP contribution in [0.5, 0.6) is 0 Å². The van der Waals surface area contributed by atoms with Crippen LogP contribution in [0.1, 0.15) is 78.3 Å². The van der Waals surface area contributed by atoms with Gasteiger partial charge in [0, 0.05) is 37.8 Å². The fourth-order valence-corrected chi connectivity index (χ4v) is 8.47. The number of aromatic nitrogens is 4. The van der Waals surface area contributed by atoms with Crippen molar-refractivity contribution in [2.75, 3.05) is 18.0 Å². The molecule has 4 aromatic rings. The minimum absolute atomic E-state index is 0.0568. The molecule has 43 heavy (non-hydrogen) atoms. The van der Waals surface area contributed by atoms with Gasteiger partial charge in [-0.1, -0.05) is 29.5 Å². The van der Waals surface area contributed by atoms with Crippen molar-refractivity contribution in [2.45, 2.75) is 81.8 Å². The van der Waals surface area contributed by atoms with Gasteiger partial charge in [0.1, 0.15) is 16.2 Å². The number of anilines is 1. The van der Waals surface area contributed by atoms with Gasteiger partial charge in [0.15, 0.2) is 0 Å². The highest BCUT2D eigenvalue weighted by molar-refractivity contribution is 7.89. The molecule has 0 bridgehead atoms. The molecule has 0 amide bonds. The molecule has 3 aliphatic rings. The number of nitrogens with zero attached hydrogens (tertiary/aromatic N) is 6. The lowest BCUT2D eigenvalue weighted by molar-refractivity contribution is -0.137. The van der Waals surface area contributed by atoms with Crippen LogP contribution in [0.3, 0.4) is 0 Å². The maximum atomic E-state index is 14.1. The van der Waals surface area contributed by atoms with Crippen molar-refractivity contribution in [2.24, 2.45) is 0 Å². The highest BCUT2D eigenvalue weighted by Crippen LogP contribution is 2.40. The number of fused-ring (bicyclic) bond motifs is 4. The van der Waals surface area contributed by atoms with Gasteiger partial charge in [0.05, 0.1) is 18.0 Å². The lowest BCUT2D eigenvalue weighted by Gasteiger charge is -2.36. The number of sulfonamides is 1. The largest absolute Gasteiger partial charge is 0.481 e. The number of hydrogen-bond acceptors (Lipinski definition) is 7. The van der Waals surface area contributed by atoms with E-state index < -0.39 is 21.9 Å². The molecule has 0 spiro atoms. The number of pyridine rings is 1. The van der Waals surface area contributed by atoms with Crippen LogP contribution < -0.4 is 4.90 Å². The van der Waals surface area contributed by atoms with Crippen molar-refractivity contribution in [1.29, 1.82) is 0 Å². The zero-order chi connectivity index (χ0) is 29.9. The number of carbonyl (C=O) groups is 1. The number of hydrogen-bond donors (Lipinski definition) is 1. The average Bonchev–Trinajstić information content (AvgIpc) is 3.76. The summed E-state index contributed by atoms with van der Waals surface area (Å²) in [6.07, 6.45) is 6.75. The summed E-state index contributed by atoms with van der Waals surface area (Å²) in [5, 5.41) is 18.8. The Hall–Kier alpha value is -3.83. The maximum absolute atomic E-state index is 14.1. The van der Waals surface area contributed by atoms with Crippen LogP contribution in [0.15, 0.2) is 53.6 Å². The van der Waals surface area contributed by atoms with E-state index in [0.717, 1.165) is 77.5 Å². The van der Waals surface area contributed by atoms with Gasteiger partial charge in [-0.3, -0.25) is 4.79 Å². The molecular weight excluding hydrogens is 564 g/mol. The molecular formula is C32H36N6O4S. The molecule has 10 nitrogen and oxygen atoms in total. The van der Waals surface area contributed by atoms with E-state index in [1.54, 1.807) is 22.6 Å². The first-order valence-electron chi connectivity index (χ1n) is 15.1. The van der Waals surface area contributed by atoms with E-state index in [1.165, 1.54) is 0 Å². The van der Waals surface area contributed by atoms with Crippen LogP contribution in [-0.2, 0) is 21.4 Å². The number of rotatable bonds is 7.